The highest BCUT2D eigenvalue weighted by Crippen LogP contribution is 2.38. The molecule has 3 aromatic heterocycles. The van der Waals surface area contributed by atoms with E-state index in [0.29, 0.717) is 42.5 Å². The van der Waals surface area contributed by atoms with Crippen LogP contribution in [0.2, 0.25) is 0 Å². The Morgan fingerprint density at radius 2 is 2.03 bits per heavy atom. The molecule has 1 aliphatic heterocycles. The number of amides is 1. The third kappa shape index (κ3) is 5.24. The second kappa shape index (κ2) is 9.33. The molecule has 1 saturated heterocycles. The fraction of sp³-hybridized carbons (Fsp3) is 0.440. The average molecular weight is 526 g/mol. The second-order valence-electron chi connectivity index (χ2n) is 10.4. The van der Waals surface area contributed by atoms with E-state index in [-0.39, 0.29) is 21.8 Å². The molecule has 5 rings (SSSR count). The van der Waals surface area contributed by atoms with Crippen LogP contribution in [-0.4, -0.2) is 52.8 Å². The van der Waals surface area contributed by atoms with E-state index in [9.17, 15) is 13.2 Å². The zero-order valence-electron chi connectivity index (χ0n) is 21.1. The topological polar surface area (TPSA) is 145 Å². The van der Waals surface area contributed by atoms with Crippen LogP contribution in [0.1, 0.15) is 50.4 Å². The molecule has 2 aliphatic rings. The highest BCUT2D eigenvalue weighted by molar-refractivity contribution is 7.90. The van der Waals surface area contributed by atoms with Crippen LogP contribution >= 0.6 is 0 Å². The van der Waals surface area contributed by atoms with Crippen LogP contribution in [-0.2, 0) is 10.0 Å². The van der Waals surface area contributed by atoms with Gasteiger partial charge in [0.05, 0.1) is 12.2 Å². The number of nitrogens with one attached hydrogen (secondary N) is 1. The van der Waals surface area contributed by atoms with Gasteiger partial charge in [-0.1, -0.05) is 6.92 Å². The smallest absolute Gasteiger partial charge is 0.268 e. The first kappa shape index (κ1) is 25.0. The number of sulfonamides is 1. The molecule has 0 radical (unpaired) electrons. The SMILES string of the molecule is C[C@@H]1CN(c2nc(-n3ccc(OCC4CC4)n3)ccc2C(=O)NS(=O)(=O)c2cccnc2N)C(C)(C)C1. The third-order valence-corrected chi connectivity index (χ3v) is 8.09. The molecule has 1 saturated carbocycles. The maximum Gasteiger partial charge on any atom is 0.268 e. The maximum absolute atomic E-state index is 13.4. The zero-order valence-corrected chi connectivity index (χ0v) is 21.9. The minimum absolute atomic E-state index is 0.134. The van der Waals surface area contributed by atoms with Gasteiger partial charge in [0.1, 0.15) is 16.5 Å². The number of rotatable bonds is 8. The number of nitrogens with zero attached hydrogens (tertiary/aromatic N) is 5. The lowest BCUT2D eigenvalue weighted by Crippen LogP contribution is -2.41. The van der Waals surface area contributed by atoms with Gasteiger partial charge in [-0.15, -0.1) is 5.10 Å². The predicted octanol–water partition coefficient (Wildman–Crippen LogP) is 2.78. The molecule has 2 fully saturated rings. The van der Waals surface area contributed by atoms with Gasteiger partial charge >= 0.3 is 0 Å². The van der Waals surface area contributed by atoms with Crippen molar-refractivity contribution < 1.29 is 17.9 Å². The van der Waals surface area contributed by atoms with Gasteiger partial charge in [0, 0.05) is 30.5 Å². The molecule has 3 aromatic rings. The lowest BCUT2D eigenvalue weighted by atomic mass is 9.97. The van der Waals surface area contributed by atoms with Gasteiger partial charge in [-0.25, -0.2) is 27.8 Å². The minimum Gasteiger partial charge on any atom is -0.476 e. The average Bonchev–Trinajstić information content (AvgIpc) is 3.47. The summed E-state index contributed by atoms with van der Waals surface area (Å²) in [5.41, 5.74) is 5.58. The summed E-state index contributed by atoms with van der Waals surface area (Å²) in [6.07, 6.45) is 6.39. The number of hydrogen-bond donors (Lipinski definition) is 2. The zero-order chi connectivity index (χ0) is 26.4. The van der Waals surface area contributed by atoms with Crippen molar-refractivity contribution in [2.45, 2.75) is 50.5 Å². The van der Waals surface area contributed by atoms with Crippen LogP contribution in [0.25, 0.3) is 5.82 Å². The van der Waals surface area contributed by atoms with Crippen LogP contribution < -0.4 is 20.1 Å². The predicted molar refractivity (Wildman–Crippen MR) is 138 cm³/mol. The number of aromatic nitrogens is 4. The fourth-order valence-corrected chi connectivity index (χ4v) is 5.82. The Hall–Kier alpha value is -3.67. The Labute approximate surface area is 216 Å². The van der Waals surface area contributed by atoms with Gasteiger partial charge < -0.3 is 15.4 Å². The Kier molecular flexibility index (Phi) is 6.30. The first-order valence-corrected chi connectivity index (χ1v) is 13.8. The Balaban J connectivity index is 1.49. The Morgan fingerprint density at radius 3 is 2.70 bits per heavy atom. The van der Waals surface area contributed by atoms with Gasteiger partial charge in [-0.2, -0.15) is 0 Å². The number of carbonyl (C=O) groups excluding carboxylic acids is 1. The standard InChI is InChI=1S/C25H31N7O4S/c1-16-13-25(2,3)31(14-16)23-18(24(33)30-37(34,35)19-5-4-11-27-22(19)26)8-9-20(28-23)32-12-10-21(29-32)36-15-17-6-7-17/h4-5,8-12,16-17H,6-7,13-15H2,1-3H3,(H2,26,27)(H,30,33)/t16-/m0/s1. The van der Waals surface area contributed by atoms with Crippen molar-refractivity contribution in [2.75, 3.05) is 23.8 Å². The highest BCUT2D eigenvalue weighted by atomic mass is 32.2. The first-order chi connectivity index (χ1) is 17.5. The molecular formula is C25H31N7O4S. The number of nitrogens with two attached hydrogens (primary N) is 1. The van der Waals surface area contributed by atoms with Crippen molar-refractivity contribution in [1.82, 2.24) is 24.5 Å². The van der Waals surface area contributed by atoms with Crippen molar-refractivity contribution in [2.24, 2.45) is 11.8 Å². The van der Waals surface area contributed by atoms with Crippen molar-refractivity contribution in [3.63, 3.8) is 0 Å². The summed E-state index contributed by atoms with van der Waals surface area (Å²) in [6.45, 7) is 7.61. The van der Waals surface area contributed by atoms with Gasteiger partial charge in [-0.05, 0) is 69.2 Å². The summed E-state index contributed by atoms with van der Waals surface area (Å²) in [6, 6.07) is 7.72. The third-order valence-electron chi connectivity index (χ3n) is 6.71. The molecule has 0 aromatic carbocycles. The largest absolute Gasteiger partial charge is 0.476 e. The van der Waals surface area contributed by atoms with Crippen LogP contribution in [0.4, 0.5) is 11.6 Å². The number of carbonyl (C=O) groups is 1. The fourth-order valence-electron chi connectivity index (χ4n) is 4.77. The molecule has 37 heavy (non-hydrogen) atoms. The molecular weight excluding hydrogens is 494 g/mol. The van der Waals surface area contributed by atoms with E-state index in [1.54, 1.807) is 29.1 Å². The molecule has 0 spiro atoms. The molecule has 12 heteroatoms. The van der Waals surface area contributed by atoms with E-state index in [0.717, 1.165) is 6.42 Å². The van der Waals surface area contributed by atoms with E-state index < -0.39 is 15.9 Å². The molecule has 4 heterocycles. The first-order valence-electron chi connectivity index (χ1n) is 12.3. The Morgan fingerprint density at radius 1 is 1.24 bits per heavy atom. The molecule has 1 atom stereocenters. The number of hydrogen-bond acceptors (Lipinski definition) is 9. The normalized spacial score (nSPS) is 19.1. The van der Waals surface area contributed by atoms with Crippen molar-refractivity contribution >= 4 is 27.6 Å². The molecule has 0 bridgehead atoms. The van der Waals surface area contributed by atoms with Crippen LogP contribution in [0.15, 0.2) is 47.6 Å². The molecule has 3 N–H and O–H groups in total. The van der Waals surface area contributed by atoms with E-state index >= 15 is 0 Å². The van der Waals surface area contributed by atoms with Crippen molar-refractivity contribution in [3.05, 3.63) is 48.3 Å². The molecule has 1 amide bonds. The quantitative estimate of drug-likeness (QED) is 0.453. The summed E-state index contributed by atoms with van der Waals surface area (Å²) in [5, 5.41) is 4.48. The molecule has 1 aliphatic carbocycles. The van der Waals surface area contributed by atoms with Gasteiger partial charge in [0.25, 0.3) is 15.9 Å². The van der Waals surface area contributed by atoms with Crippen molar-refractivity contribution in [3.8, 4) is 11.7 Å². The summed E-state index contributed by atoms with van der Waals surface area (Å²) < 4.78 is 35.4. The van der Waals surface area contributed by atoms with Crippen molar-refractivity contribution in [1.29, 1.82) is 0 Å². The summed E-state index contributed by atoms with van der Waals surface area (Å²) >= 11 is 0. The van der Waals surface area contributed by atoms with E-state index in [2.05, 4.69) is 40.5 Å². The molecule has 196 valence electrons. The highest BCUT2D eigenvalue weighted by Gasteiger charge is 2.39. The molecule has 11 nitrogen and oxygen atoms in total. The number of nitrogen functional groups attached to an aromatic ring is 1. The molecule has 0 unspecified atom stereocenters. The van der Waals surface area contributed by atoms with E-state index in [4.69, 9.17) is 15.5 Å². The maximum atomic E-state index is 13.4. The van der Waals surface area contributed by atoms with Crippen LogP contribution in [0, 0.1) is 11.8 Å². The second-order valence-corrected chi connectivity index (χ2v) is 12.1. The van der Waals surface area contributed by atoms with E-state index in [1.165, 1.54) is 31.2 Å². The minimum atomic E-state index is -4.25. The lowest BCUT2D eigenvalue weighted by Gasteiger charge is -2.34. The summed E-state index contributed by atoms with van der Waals surface area (Å²) in [7, 11) is -4.25. The van der Waals surface area contributed by atoms with Gasteiger partial charge in [-0.3, -0.25) is 4.79 Å². The number of pyridine rings is 2. The van der Waals surface area contributed by atoms with Gasteiger partial charge in [0.15, 0.2) is 5.82 Å². The summed E-state index contributed by atoms with van der Waals surface area (Å²) in [5.74, 6) is 1.35. The van der Waals surface area contributed by atoms with Gasteiger partial charge in [0.2, 0.25) is 5.88 Å². The van der Waals surface area contributed by atoms with Crippen LogP contribution in [0.3, 0.4) is 0 Å². The number of anilines is 2. The Bertz CT molecular complexity index is 1430. The van der Waals surface area contributed by atoms with Crippen LogP contribution in [0.5, 0.6) is 5.88 Å². The lowest BCUT2D eigenvalue weighted by molar-refractivity contribution is 0.0981. The summed E-state index contributed by atoms with van der Waals surface area (Å²) in [4.78, 5) is 23.8. The number of ether oxygens (including phenoxy) is 1. The monoisotopic (exact) mass is 525 g/mol. The van der Waals surface area contributed by atoms with E-state index in [1.807, 2.05) is 0 Å².